The molecule has 13 heavy (non-hydrogen) atoms. The van der Waals surface area contributed by atoms with E-state index in [1.54, 1.807) is 18.0 Å². The van der Waals surface area contributed by atoms with Crippen LogP contribution in [0.25, 0.3) is 0 Å². The molecule has 0 aliphatic heterocycles. The summed E-state index contributed by atoms with van der Waals surface area (Å²) >= 11 is 1.78. The molecule has 0 fully saturated rings. The normalized spacial score (nSPS) is 10.8. The van der Waals surface area contributed by atoms with E-state index in [1.807, 2.05) is 6.92 Å². The lowest BCUT2D eigenvalue weighted by molar-refractivity contribution is 0.750. The van der Waals surface area contributed by atoms with Gasteiger partial charge in [-0.2, -0.15) is 0 Å². The van der Waals surface area contributed by atoms with Gasteiger partial charge in [-0.1, -0.05) is 13.8 Å². The molecule has 0 bridgehead atoms. The number of hydrogen-bond donors (Lipinski definition) is 1. The summed E-state index contributed by atoms with van der Waals surface area (Å²) in [4.78, 5) is 9.19. The van der Waals surface area contributed by atoms with Crippen molar-refractivity contribution in [3.63, 3.8) is 0 Å². The van der Waals surface area contributed by atoms with Gasteiger partial charge in [-0.15, -0.1) is 11.8 Å². The van der Waals surface area contributed by atoms with Gasteiger partial charge in [-0.3, -0.25) is 0 Å². The van der Waals surface area contributed by atoms with E-state index >= 15 is 0 Å². The lowest BCUT2D eigenvalue weighted by Crippen LogP contribution is -1.98. The molecule has 3 nitrogen and oxygen atoms in total. The van der Waals surface area contributed by atoms with E-state index < -0.39 is 0 Å². The van der Waals surface area contributed by atoms with Crippen molar-refractivity contribution in [1.82, 2.24) is 9.97 Å². The van der Waals surface area contributed by atoms with E-state index in [4.69, 9.17) is 5.73 Å². The highest BCUT2D eigenvalue weighted by Crippen LogP contribution is 2.22. The van der Waals surface area contributed by atoms with Gasteiger partial charge in [-0.25, -0.2) is 9.97 Å². The van der Waals surface area contributed by atoms with Crippen LogP contribution in [0.1, 0.15) is 19.5 Å². The maximum atomic E-state index is 5.45. The van der Waals surface area contributed by atoms with Crippen molar-refractivity contribution in [2.75, 3.05) is 11.5 Å². The second-order valence-electron chi connectivity index (χ2n) is 3.38. The minimum absolute atomic E-state index is 0.353. The third kappa shape index (κ3) is 3.22. The fraction of sp³-hybridized carbons (Fsp3) is 0.556. The van der Waals surface area contributed by atoms with Gasteiger partial charge >= 0.3 is 0 Å². The monoisotopic (exact) mass is 197 g/mol. The first kappa shape index (κ1) is 10.3. The number of aromatic nitrogens is 2. The fourth-order valence-corrected chi connectivity index (χ4v) is 1.77. The Morgan fingerprint density at radius 1 is 1.54 bits per heavy atom. The van der Waals surface area contributed by atoms with E-state index in [1.165, 1.54) is 0 Å². The number of nitrogens with two attached hydrogens (primary N) is 1. The van der Waals surface area contributed by atoms with Crippen molar-refractivity contribution < 1.29 is 0 Å². The molecular weight excluding hydrogens is 182 g/mol. The zero-order chi connectivity index (χ0) is 9.84. The fourth-order valence-electron chi connectivity index (χ4n) is 0.872. The first-order valence-corrected chi connectivity index (χ1v) is 5.30. The molecule has 0 aromatic carbocycles. The summed E-state index contributed by atoms with van der Waals surface area (Å²) in [6.07, 6.45) is 1.80. The molecule has 4 heteroatoms. The van der Waals surface area contributed by atoms with Crippen LogP contribution in [0.2, 0.25) is 0 Å². The number of nitrogen functional groups attached to an aromatic ring is 1. The number of thioether (sulfide) groups is 1. The van der Waals surface area contributed by atoms with Gasteiger partial charge in [0, 0.05) is 16.8 Å². The quantitative estimate of drug-likeness (QED) is 0.754. The van der Waals surface area contributed by atoms with Crippen LogP contribution in [0, 0.1) is 12.8 Å². The van der Waals surface area contributed by atoms with Crippen LogP contribution in [0.15, 0.2) is 11.1 Å². The van der Waals surface area contributed by atoms with Crippen molar-refractivity contribution in [3.05, 3.63) is 11.9 Å². The molecule has 0 spiro atoms. The molecule has 72 valence electrons. The van der Waals surface area contributed by atoms with Crippen molar-refractivity contribution >= 4 is 17.7 Å². The molecule has 0 amide bonds. The molecule has 0 aliphatic rings. The summed E-state index contributed by atoms with van der Waals surface area (Å²) in [6, 6.07) is 0. The van der Waals surface area contributed by atoms with E-state index in [0.717, 1.165) is 16.3 Å². The maximum absolute atomic E-state index is 5.45. The maximum Gasteiger partial charge on any atom is 0.220 e. The highest BCUT2D eigenvalue weighted by atomic mass is 32.2. The molecule has 1 aromatic rings. The second kappa shape index (κ2) is 4.46. The van der Waals surface area contributed by atoms with Crippen LogP contribution >= 0.6 is 11.8 Å². The molecule has 1 aromatic heterocycles. The Balaban J connectivity index is 2.67. The molecule has 0 atom stereocenters. The number of hydrogen-bond acceptors (Lipinski definition) is 4. The molecular formula is C9H15N3S. The minimum atomic E-state index is 0.353. The van der Waals surface area contributed by atoms with Crippen molar-refractivity contribution in [1.29, 1.82) is 0 Å². The smallest absolute Gasteiger partial charge is 0.220 e. The predicted molar refractivity (Wildman–Crippen MR) is 56.7 cm³/mol. The number of rotatable bonds is 3. The Kier molecular flexibility index (Phi) is 3.54. The van der Waals surface area contributed by atoms with E-state index in [-0.39, 0.29) is 0 Å². The lowest BCUT2D eigenvalue weighted by Gasteiger charge is -2.06. The molecule has 1 rings (SSSR count). The zero-order valence-corrected chi connectivity index (χ0v) is 9.06. The minimum Gasteiger partial charge on any atom is -0.368 e. The summed E-state index contributed by atoms with van der Waals surface area (Å²) in [5.74, 6) is 2.13. The van der Waals surface area contributed by atoms with Gasteiger partial charge < -0.3 is 5.73 Å². The number of aryl methyl sites for hydroxylation is 1. The van der Waals surface area contributed by atoms with Gasteiger partial charge in [0.1, 0.15) is 0 Å². The summed E-state index contributed by atoms with van der Waals surface area (Å²) in [7, 11) is 0. The van der Waals surface area contributed by atoms with Gasteiger partial charge in [0.2, 0.25) is 5.95 Å². The van der Waals surface area contributed by atoms with Crippen LogP contribution in [0.4, 0.5) is 5.95 Å². The Hall–Kier alpha value is -0.770. The summed E-state index contributed by atoms with van der Waals surface area (Å²) < 4.78 is 0. The summed E-state index contributed by atoms with van der Waals surface area (Å²) in [6.45, 7) is 6.35. The summed E-state index contributed by atoms with van der Waals surface area (Å²) in [5, 5.41) is 0. The molecule has 0 radical (unpaired) electrons. The van der Waals surface area contributed by atoms with E-state index in [0.29, 0.717) is 11.9 Å². The van der Waals surface area contributed by atoms with Gasteiger partial charge in [0.25, 0.3) is 0 Å². The highest BCUT2D eigenvalue weighted by Gasteiger charge is 2.03. The first-order valence-electron chi connectivity index (χ1n) is 4.31. The third-order valence-electron chi connectivity index (χ3n) is 1.53. The Morgan fingerprint density at radius 2 is 2.23 bits per heavy atom. The standard InChI is InChI=1S/C9H15N3S/c1-6(2)5-13-8-4-11-9(10)12-7(8)3/h4,6H,5H2,1-3H3,(H2,10,11,12). The third-order valence-corrected chi connectivity index (χ3v) is 3.07. The Labute approximate surface area is 83.2 Å². The topological polar surface area (TPSA) is 51.8 Å². The van der Waals surface area contributed by atoms with Crippen molar-refractivity contribution in [2.24, 2.45) is 5.92 Å². The molecule has 0 saturated heterocycles. The molecule has 0 unspecified atom stereocenters. The largest absolute Gasteiger partial charge is 0.368 e. The first-order chi connectivity index (χ1) is 6.09. The molecule has 0 saturated carbocycles. The summed E-state index contributed by atoms with van der Waals surface area (Å²) in [5.41, 5.74) is 6.42. The van der Waals surface area contributed by atoms with Gasteiger partial charge in [0.15, 0.2) is 0 Å². The van der Waals surface area contributed by atoms with Crippen LogP contribution in [-0.4, -0.2) is 15.7 Å². The SMILES string of the molecule is Cc1nc(N)ncc1SCC(C)C. The average molecular weight is 197 g/mol. The van der Waals surface area contributed by atoms with E-state index in [2.05, 4.69) is 23.8 Å². The van der Waals surface area contributed by atoms with Gasteiger partial charge in [-0.05, 0) is 12.8 Å². The lowest BCUT2D eigenvalue weighted by atomic mass is 10.3. The average Bonchev–Trinajstić information content (AvgIpc) is 2.02. The van der Waals surface area contributed by atoms with Crippen LogP contribution in [0.5, 0.6) is 0 Å². The predicted octanol–water partition coefficient (Wildman–Crippen LogP) is 2.12. The van der Waals surface area contributed by atoms with Crippen LogP contribution in [0.3, 0.4) is 0 Å². The van der Waals surface area contributed by atoms with Crippen molar-refractivity contribution in [3.8, 4) is 0 Å². The van der Waals surface area contributed by atoms with Gasteiger partial charge in [0.05, 0.1) is 5.69 Å². The zero-order valence-electron chi connectivity index (χ0n) is 8.24. The molecule has 0 aliphatic carbocycles. The van der Waals surface area contributed by atoms with Crippen LogP contribution in [-0.2, 0) is 0 Å². The molecule has 2 N–H and O–H groups in total. The Bertz CT molecular complexity index is 286. The second-order valence-corrected chi connectivity index (χ2v) is 4.44. The van der Waals surface area contributed by atoms with Crippen molar-refractivity contribution in [2.45, 2.75) is 25.7 Å². The highest BCUT2D eigenvalue weighted by molar-refractivity contribution is 7.99. The number of anilines is 1. The Morgan fingerprint density at radius 3 is 2.77 bits per heavy atom. The molecule has 1 heterocycles. The van der Waals surface area contributed by atoms with E-state index in [9.17, 15) is 0 Å². The van der Waals surface area contributed by atoms with Crippen LogP contribution < -0.4 is 5.73 Å². The number of nitrogens with zero attached hydrogens (tertiary/aromatic N) is 2.